The van der Waals surface area contributed by atoms with Crippen LogP contribution in [-0.2, 0) is 19.6 Å². The van der Waals surface area contributed by atoms with E-state index in [1.165, 1.54) is 36.4 Å². The maximum atomic E-state index is 12.6. The van der Waals surface area contributed by atoms with Crippen LogP contribution in [0, 0.1) is 10.1 Å². The molecule has 0 aromatic heterocycles. The van der Waals surface area contributed by atoms with Gasteiger partial charge in [-0.05, 0) is 23.8 Å². The van der Waals surface area contributed by atoms with E-state index in [4.69, 9.17) is 11.6 Å². The van der Waals surface area contributed by atoms with Gasteiger partial charge in [0.2, 0.25) is 10.0 Å². The highest BCUT2D eigenvalue weighted by atomic mass is 35.5. The molecule has 0 bridgehead atoms. The van der Waals surface area contributed by atoms with E-state index in [0.717, 1.165) is 19.2 Å². The van der Waals surface area contributed by atoms with Crippen molar-refractivity contribution in [1.29, 1.82) is 0 Å². The lowest BCUT2D eigenvalue weighted by molar-refractivity contribution is -0.387. The molecule has 10 heteroatoms. The number of carbonyl (C=O) groups excluding carboxylic acids is 1. The van der Waals surface area contributed by atoms with Crippen LogP contribution in [0.5, 0.6) is 0 Å². The molecule has 132 valence electrons. The first-order valence-corrected chi connectivity index (χ1v) is 8.71. The van der Waals surface area contributed by atoms with Gasteiger partial charge < -0.3 is 4.74 Å². The molecule has 1 atom stereocenters. The standard InChI is InChI=1S/C15H13ClN2O6S/c1-24-15(19)14(10-6-8-11(16)9-7-10)17-25(22,23)13-5-3-2-4-12(13)18(20)21/h2-9,14,17H,1H3. The number of hydrogen-bond donors (Lipinski definition) is 1. The third-order valence-corrected chi connectivity index (χ3v) is 4.99. The summed E-state index contributed by atoms with van der Waals surface area (Å²) < 4.78 is 31.9. The van der Waals surface area contributed by atoms with E-state index in [1.807, 2.05) is 0 Å². The number of para-hydroxylation sites is 1. The second kappa shape index (κ2) is 7.60. The van der Waals surface area contributed by atoms with Gasteiger partial charge in [0.15, 0.2) is 4.90 Å². The van der Waals surface area contributed by atoms with Crippen LogP contribution in [0.2, 0.25) is 5.02 Å². The van der Waals surface area contributed by atoms with Crippen molar-refractivity contribution in [1.82, 2.24) is 4.72 Å². The molecule has 1 N–H and O–H groups in total. The highest BCUT2D eigenvalue weighted by molar-refractivity contribution is 7.89. The normalized spacial score (nSPS) is 12.4. The number of sulfonamides is 1. The van der Waals surface area contributed by atoms with Gasteiger partial charge in [-0.3, -0.25) is 10.1 Å². The summed E-state index contributed by atoms with van der Waals surface area (Å²) in [6.07, 6.45) is 0. The van der Waals surface area contributed by atoms with Crippen molar-refractivity contribution in [3.8, 4) is 0 Å². The minimum absolute atomic E-state index is 0.276. The van der Waals surface area contributed by atoms with Gasteiger partial charge in [0, 0.05) is 11.1 Å². The topological polar surface area (TPSA) is 116 Å². The predicted octanol–water partition coefficient (Wildman–Crippen LogP) is 2.44. The Labute approximate surface area is 148 Å². The molecule has 0 radical (unpaired) electrons. The Balaban J connectivity index is 2.46. The number of hydrogen-bond acceptors (Lipinski definition) is 6. The summed E-state index contributed by atoms with van der Waals surface area (Å²) in [6, 6.07) is 9.30. The first-order chi connectivity index (χ1) is 11.8. The third kappa shape index (κ3) is 4.32. The van der Waals surface area contributed by atoms with Gasteiger partial charge in [0.25, 0.3) is 5.69 Å². The molecule has 2 aromatic rings. The van der Waals surface area contributed by atoms with Gasteiger partial charge in [-0.1, -0.05) is 35.9 Å². The molecular weight excluding hydrogens is 372 g/mol. The molecule has 0 saturated heterocycles. The van der Waals surface area contributed by atoms with E-state index in [1.54, 1.807) is 0 Å². The fourth-order valence-corrected chi connectivity index (χ4v) is 3.55. The lowest BCUT2D eigenvalue weighted by Crippen LogP contribution is -2.34. The molecule has 0 heterocycles. The minimum atomic E-state index is -4.37. The van der Waals surface area contributed by atoms with E-state index < -0.39 is 37.5 Å². The van der Waals surface area contributed by atoms with Gasteiger partial charge >= 0.3 is 5.97 Å². The molecular formula is C15H13ClN2O6S. The van der Waals surface area contributed by atoms with Crippen LogP contribution in [0.3, 0.4) is 0 Å². The molecule has 2 rings (SSSR count). The summed E-state index contributed by atoms with van der Waals surface area (Å²) in [5.41, 5.74) is -0.326. The average molecular weight is 385 g/mol. The van der Waals surface area contributed by atoms with E-state index in [0.29, 0.717) is 5.02 Å². The molecule has 0 saturated carbocycles. The van der Waals surface area contributed by atoms with Gasteiger partial charge in [0.1, 0.15) is 6.04 Å². The molecule has 2 aromatic carbocycles. The summed E-state index contributed by atoms with van der Waals surface area (Å²) in [5, 5.41) is 11.5. The number of methoxy groups -OCH3 is 1. The summed E-state index contributed by atoms with van der Waals surface area (Å²) in [5.74, 6) is -0.871. The molecule has 0 aliphatic rings. The molecule has 0 spiro atoms. The Morgan fingerprint density at radius 1 is 1.20 bits per heavy atom. The van der Waals surface area contributed by atoms with Crippen LogP contribution in [0.4, 0.5) is 5.69 Å². The third-order valence-electron chi connectivity index (χ3n) is 3.26. The van der Waals surface area contributed by atoms with E-state index in [-0.39, 0.29) is 5.56 Å². The zero-order chi connectivity index (χ0) is 18.6. The van der Waals surface area contributed by atoms with Crippen LogP contribution in [0.25, 0.3) is 0 Å². The summed E-state index contributed by atoms with van der Waals surface area (Å²) in [4.78, 5) is 21.7. The summed E-state index contributed by atoms with van der Waals surface area (Å²) in [6.45, 7) is 0. The first kappa shape index (κ1) is 18.8. The number of rotatable bonds is 6. The molecule has 0 amide bonds. The largest absolute Gasteiger partial charge is 0.468 e. The summed E-state index contributed by atoms with van der Waals surface area (Å²) in [7, 11) is -3.27. The van der Waals surface area contributed by atoms with E-state index in [9.17, 15) is 23.3 Å². The van der Waals surface area contributed by atoms with Crippen molar-refractivity contribution in [2.45, 2.75) is 10.9 Å². The predicted molar refractivity (Wildman–Crippen MR) is 89.6 cm³/mol. The van der Waals surface area contributed by atoms with Gasteiger partial charge in [0.05, 0.1) is 12.0 Å². The Hall–Kier alpha value is -2.49. The molecule has 0 fully saturated rings. The second-order valence-corrected chi connectivity index (χ2v) is 6.97. The van der Waals surface area contributed by atoms with Gasteiger partial charge in [-0.2, -0.15) is 4.72 Å². The monoisotopic (exact) mass is 384 g/mol. The minimum Gasteiger partial charge on any atom is -0.468 e. The SMILES string of the molecule is COC(=O)C(NS(=O)(=O)c1ccccc1[N+](=O)[O-])c1ccc(Cl)cc1. The Bertz CT molecular complexity index is 898. The molecule has 25 heavy (non-hydrogen) atoms. The lowest BCUT2D eigenvalue weighted by Gasteiger charge is -2.17. The lowest BCUT2D eigenvalue weighted by atomic mass is 10.1. The first-order valence-electron chi connectivity index (χ1n) is 6.85. The van der Waals surface area contributed by atoms with Crippen LogP contribution in [-0.4, -0.2) is 26.4 Å². The zero-order valence-corrected chi connectivity index (χ0v) is 14.5. The highest BCUT2D eigenvalue weighted by Crippen LogP contribution is 2.26. The fourth-order valence-electron chi connectivity index (χ4n) is 2.08. The van der Waals surface area contributed by atoms with E-state index in [2.05, 4.69) is 9.46 Å². The average Bonchev–Trinajstić information content (AvgIpc) is 2.60. The van der Waals surface area contributed by atoms with Gasteiger partial charge in [-0.25, -0.2) is 13.2 Å². The Morgan fingerprint density at radius 2 is 1.80 bits per heavy atom. The number of halogens is 1. The fraction of sp³-hybridized carbons (Fsp3) is 0.133. The zero-order valence-electron chi connectivity index (χ0n) is 12.9. The number of nitro groups is 1. The Morgan fingerprint density at radius 3 is 2.36 bits per heavy atom. The van der Waals surface area contributed by atoms with Crippen molar-refractivity contribution in [3.63, 3.8) is 0 Å². The number of nitrogens with one attached hydrogen (secondary N) is 1. The van der Waals surface area contributed by atoms with Crippen LogP contribution in [0.1, 0.15) is 11.6 Å². The van der Waals surface area contributed by atoms with Gasteiger partial charge in [-0.15, -0.1) is 0 Å². The number of esters is 1. The number of nitro benzene ring substituents is 1. The van der Waals surface area contributed by atoms with Crippen LogP contribution < -0.4 is 4.72 Å². The summed E-state index contributed by atoms with van der Waals surface area (Å²) >= 11 is 5.78. The van der Waals surface area contributed by atoms with Crippen molar-refractivity contribution in [2.75, 3.05) is 7.11 Å². The number of benzene rings is 2. The molecule has 0 aliphatic carbocycles. The quantitative estimate of drug-likeness (QED) is 0.464. The molecule has 8 nitrogen and oxygen atoms in total. The van der Waals surface area contributed by atoms with Crippen molar-refractivity contribution in [2.24, 2.45) is 0 Å². The van der Waals surface area contributed by atoms with Crippen molar-refractivity contribution >= 4 is 33.3 Å². The van der Waals surface area contributed by atoms with Crippen LogP contribution >= 0.6 is 11.6 Å². The molecule has 0 aliphatic heterocycles. The van der Waals surface area contributed by atoms with E-state index >= 15 is 0 Å². The maximum Gasteiger partial charge on any atom is 0.328 e. The smallest absolute Gasteiger partial charge is 0.328 e. The number of carbonyl (C=O) groups is 1. The Kier molecular flexibility index (Phi) is 5.73. The number of nitrogens with zero attached hydrogens (tertiary/aromatic N) is 1. The highest BCUT2D eigenvalue weighted by Gasteiger charge is 2.32. The number of ether oxygens (including phenoxy) is 1. The second-order valence-electron chi connectivity index (χ2n) is 4.85. The maximum absolute atomic E-state index is 12.6. The van der Waals surface area contributed by atoms with Crippen molar-refractivity contribution < 1.29 is 22.9 Å². The van der Waals surface area contributed by atoms with Crippen LogP contribution in [0.15, 0.2) is 53.4 Å². The molecule has 1 unspecified atom stereocenters. The van der Waals surface area contributed by atoms with Crippen molar-refractivity contribution in [3.05, 3.63) is 69.2 Å².